The number of hydrogen-bond donors (Lipinski definition) is 0. The highest BCUT2D eigenvalue weighted by Gasteiger charge is 2.30. The van der Waals surface area contributed by atoms with Gasteiger partial charge >= 0.3 is 0 Å². The highest BCUT2D eigenvalue weighted by Crippen LogP contribution is 2.38. The number of ether oxygens (including phenoxy) is 1. The first kappa shape index (κ1) is 22.7. The van der Waals surface area contributed by atoms with Crippen LogP contribution in [0.3, 0.4) is 0 Å². The van der Waals surface area contributed by atoms with E-state index in [0.717, 1.165) is 79.5 Å². The third-order valence-electron chi connectivity index (χ3n) is 7.52. The van der Waals surface area contributed by atoms with Crippen LogP contribution in [-0.4, -0.2) is 70.9 Å². The van der Waals surface area contributed by atoms with Gasteiger partial charge in [-0.25, -0.2) is 4.98 Å². The molecule has 1 amide bonds. The lowest BCUT2D eigenvalue weighted by atomic mass is 9.91. The Morgan fingerprint density at radius 3 is 2.51 bits per heavy atom. The van der Waals surface area contributed by atoms with Gasteiger partial charge in [-0.05, 0) is 37.1 Å². The minimum atomic E-state index is 0.271. The van der Waals surface area contributed by atoms with Crippen LogP contribution in [0.15, 0.2) is 54.6 Å². The number of para-hydroxylation sites is 2. The van der Waals surface area contributed by atoms with Crippen LogP contribution in [0.1, 0.15) is 29.8 Å². The second kappa shape index (κ2) is 10.1. The molecule has 1 aromatic heterocycles. The standard InChI is InChI=1S/C28H32N4O2S/c33-27(32-17-15-31(16-18-32)21-7-6-8-21)20-30-14-13-24-26(19-30)35-28(29-24)23-11-4-5-12-25(23)34-22-9-2-1-3-10-22/h1-5,9-12,21H,6-8,13-20H2. The number of rotatable bonds is 6. The van der Waals surface area contributed by atoms with Crippen molar-refractivity contribution >= 4 is 17.2 Å². The molecule has 0 atom stereocenters. The number of carbonyl (C=O) groups excluding carboxylic acids is 1. The number of fused-ring (bicyclic) bond motifs is 1. The fourth-order valence-corrected chi connectivity index (χ4v) is 6.41. The molecule has 35 heavy (non-hydrogen) atoms. The van der Waals surface area contributed by atoms with E-state index in [2.05, 4.69) is 20.8 Å². The van der Waals surface area contributed by atoms with Crippen molar-refractivity contribution in [3.8, 4) is 22.1 Å². The zero-order valence-electron chi connectivity index (χ0n) is 20.1. The number of aromatic nitrogens is 1. The summed E-state index contributed by atoms with van der Waals surface area (Å²) in [7, 11) is 0. The third kappa shape index (κ3) is 4.99. The van der Waals surface area contributed by atoms with Crippen molar-refractivity contribution in [2.24, 2.45) is 0 Å². The van der Waals surface area contributed by atoms with Crippen molar-refractivity contribution in [1.82, 2.24) is 19.7 Å². The highest BCUT2D eigenvalue weighted by molar-refractivity contribution is 7.15. The minimum Gasteiger partial charge on any atom is -0.457 e. The molecule has 3 aromatic rings. The summed E-state index contributed by atoms with van der Waals surface area (Å²) in [6.45, 7) is 5.99. The Balaban J connectivity index is 1.09. The van der Waals surface area contributed by atoms with Gasteiger partial charge in [-0.2, -0.15) is 0 Å². The summed E-state index contributed by atoms with van der Waals surface area (Å²) in [6, 6.07) is 18.7. The summed E-state index contributed by atoms with van der Waals surface area (Å²) < 4.78 is 6.17. The van der Waals surface area contributed by atoms with Crippen molar-refractivity contribution in [2.75, 3.05) is 39.3 Å². The van der Waals surface area contributed by atoms with E-state index in [4.69, 9.17) is 9.72 Å². The van der Waals surface area contributed by atoms with Gasteiger partial charge in [0.05, 0.1) is 17.8 Å². The molecule has 0 radical (unpaired) electrons. The second-order valence-corrected chi connectivity index (χ2v) is 10.8. The van der Waals surface area contributed by atoms with Crippen molar-refractivity contribution < 1.29 is 9.53 Å². The van der Waals surface area contributed by atoms with Crippen LogP contribution in [0.2, 0.25) is 0 Å². The van der Waals surface area contributed by atoms with Crippen LogP contribution in [-0.2, 0) is 17.8 Å². The van der Waals surface area contributed by atoms with Crippen LogP contribution in [0.25, 0.3) is 10.6 Å². The first-order valence-electron chi connectivity index (χ1n) is 12.8. The molecule has 2 aromatic carbocycles. The predicted octanol–water partition coefficient (Wildman–Crippen LogP) is 4.66. The van der Waals surface area contributed by atoms with Crippen LogP contribution in [0.4, 0.5) is 0 Å². The van der Waals surface area contributed by atoms with E-state index in [9.17, 15) is 4.79 Å². The molecule has 0 spiro atoms. The van der Waals surface area contributed by atoms with Gasteiger partial charge in [0.2, 0.25) is 5.91 Å². The predicted molar refractivity (Wildman–Crippen MR) is 139 cm³/mol. The molecule has 3 aliphatic rings. The zero-order valence-corrected chi connectivity index (χ0v) is 20.9. The molecule has 0 unspecified atom stereocenters. The van der Waals surface area contributed by atoms with Gasteiger partial charge in [0.15, 0.2) is 0 Å². The Hall–Kier alpha value is -2.74. The molecule has 0 bridgehead atoms. The van der Waals surface area contributed by atoms with Crippen molar-refractivity contribution in [3.05, 3.63) is 65.2 Å². The van der Waals surface area contributed by atoms with Crippen LogP contribution >= 0.6 is 11.3 Å². The zero-order chi connectivity index (χ0) is 23.6. The number of carbonyl (C=O) groups is 1. The third-order valence-corrected chi connectivity index (χ3v) is 8.63. The van der Waals surface area contributed by atoms with E-state index in [1.165, 1.54) is 24.1 Å². The Bertz CT molecular complexity index is 1170. The SMILES string of the molecule is O=C(CN1CCc2nc(-c3ccccc3Oc3ccccc3)sc2C1)N1CCN(C2CCC2)CC1. The molecule has 1 saturated heterocycles. The van der Waals surface area contributed by atoms with E-state index < -0.39 is 0 Å². The number of nitrogens with zero attached hydrogens (tertiary/aromatic N) is 4. The maximum Gasteiger partial charge on any atom is 0.236 e. The average Bonchev–Trinajstić information content (AvgIpc) is 3.28. The molecular formula is C28H32N4O2S. The number of piperazine rings is 1. The summed E-state index contributed by atoms with van der Waals surface area (Å²) in [6.07, 6.45) is 4.93. The molecule has 6 nitrogen and oxygen atoms in total. The summed E-state index contributed by atoms with van der Waals surface area (Å²) in [4.78, 5) is 26.2. The normalized spacial score (nSPS) is 19.3. The van der Waals surface area contributed by atoms with E-state index in [1.807, 2.05) is 48.5 Å². The molecular weight excluding hydrogens is 456 g/mol. The molecule has 1 aliphatic carbocycles. The molecule has 7 heteroatoms. The van der Waals surface area contributed by atoms with Gasteiger partial charge in [0, 0.05) is 56.6 Å². The molecule has 2 aliphatic heterocycles. The minimum absolute atomic E-state index is 0.271. The summed E-state index contributed by atoms with van der Waals surface area (Å²) in [5.74, 6) is 1.91. The van der Waals surface area contributed by atoms with Gasteiger partial charge in [-0.15, -0.1) is 11.3 Å². The molecule has 0 N–H and O–H groups in total. The lowest BCUT2D eigenvalue weighted by molar-refractivity contribution is -0.135. The van der Waals surface area contributed by atoms with Gasteiger partial charge < -0.3 is 9.64 Å². The largest absolute Gasteiger partial charge is 0.457 e. The Labute approximate surface area is 211 Å². The maximum atomic E-state index is 13.0. The monoisotopic (exact) mass is 488 g/mol. The Kier molecular flexibility index (Phi) is 6.55. The summed E-state index contributed by atoms with van der Waals surface area (Å²) >= 11 is 1.73. The van der Waals surface area contributed by atoms with E-state index >= 15 is 0 Å². The number of benzene rings is 2. The van der Waals surface area contributed by atoms with Crippen molar-refractivity contribution in [3.63, 3.8) is 0 Å². The smallest absolute Gasteiger partial charge is 0.236 e. The Morgan fingerprint density at radius 1 is 0.971 bits per heavy atom. The lowest BCUT2D eigenvalue weighted by Gasteiger charge is -2.43. The van der Waals surface area contributed by atoms with E-state index in [0.29, 0.717) is 6.54 Å². The fourth-order valence-electron chi connectivity index (χ4n) is 5.23. The maximum absolute atomic E-state index is 13.0. The van der Waals surface area contributed by atoms with Gasteiger partial charge in [0.1, 0.15) is 16.5 Å². The van der Waals surface area contributed by atoms with Crippen LogP contribution in [0.5, 0.6) is 11.5 Å². The average molecular weight is 489 g/mol. The van der Waals surface area contributed by atoms with Gasteiger partial charge in [-0.3, -0.25) is 14.6 Å². The topological polar surface area (TPSA) is 48.9 Å². The number of thiazole rings is 1. The van der Waals surface area contributed by atoms with E-state index in [-0.39, 0.29) is 5.91 Å². The lowest BCUT2D eigenvalue weighted by Crippen LogP contribution is -2.55. The van der Waals surface area contributed by atoms with Crippen LogP contribution < -0.4 is 4.74 Å². The number of hydrogen-bond acceptors (Lipinski definition) is 6. The summed E-state index contributed by atoms with van der Waals surface area (Å²) in [5.41, 5.74) is 2.18. The fraction of sp³-hybridized carbons (Fsp3) is 0.429. The summed E-state index contributed by atoms with van der Waals surface area (Å²) in [5, 5.41) is 0.988. The molecule has 2 fully saturated rings. The molecule has 6 rings (SSSR count). The van der Waals surface area contributed by atoms with Gasteiger partial charge in [-0.1, -0.05) is 36.8 Å². The van der Waals surface area contributed by atoms with Crippen molar-refractivity contribution in [1.29, 1.82) is 0 Å². The first-order chi connectivity index (χ1) is 17.2. The Morgan fingerprint density at radius 2 is 1.74 bits per heavy atom. The molecule has 3 heterocycles. The first-order valence-corrected chi connectivity index (χ1v) is 13.6. The number of amides is 1. The second-order valence-electron chi connectivity index (χ2n) is 9.76. The van der Waals surface area contributed by atoms with Crippen molar-refractivity contribution in [2.45, 2.75) is 38.3 Å². The van der Waals surface area contributed by atoms with E-state index in [1.54, 1.807) is 11.3 Å². The highest BCUT2D eigenvalue weighted by atomic mass is 32.1. The van der Waals surface area contributed by atoms with Gasteiger partial charge in [0.25, 0.3) is 0 Å². The quantitative estimate of drug-likeness (QED) is 0.505. The van der Waals surface area contributed by atoms with Crippen LogP contribution in [0, 0.1) is 0 Å². The molecule has 182 valence electrons. The molecule has 1 saturated carbocycles.